The fourth-order valence-electron chi connectivity index (χ4n) is 0.854. The van der Waals surface area contributed by atoms with Gasteiger partial charge in [0, 0.05) is 5.02 Å². The molecule has 0 bridgehead atoms. The first-order valence-electron chi connectivity index (χ1n) is 3.47. The van der Waals surface area contributed by atoms with Gasteiger partial charge in [0.1, 0.15) is 5.78 Å². The van der Waals surface area contributed by atoms with Gasteiger partial charge in [0.2, 0.25) is 0 Å². The zero-order valence-corrected chi connectivity index (χ0v) is 8.24. The minimum atomic E-state index is -4.26. The van der Waals surface area contributed by atoms with Crippen molar-refractivity contribution in [3.8, 4) is 0 Å². The average molecular weight is 222 g/mol. The molecule has 0 aromatic heterocycles. The molecule has 0 fully saturated rings. The van der Waals surface area contributed by atoms with E-state index in [0.29, 0.717) is 10.6 Å². The smallest absolute Gasteiger partial charge is 0.323 e. The molecule has 0 saturated heterocycles. The third-order valence-corrected chi connectivity index (χ3v) is 2.85. The molecule has 0 spiro atoms. The maximum absolute atomic E-state index is 10.8. The van der Waals surface area contributed by atoms with E-state index in [9.17, 15) is 4.57 Å². The summed E-state index contributed by atoms with van der Waals surface area (Å²) in [5.41, 5.74) is 5.69. The van der Waals surface area contributed by atoms with E-state index in [2.05, 4.69) is 0 Å². The molecule has 0 aliphatic carbocycles. The second-order valence-corrected chi connectivity index (χ2v) is 4.76. The van der Waals surface area contributed by atoms with Crippen molar-refractivity contribution < 1.29 is 14.4 Å². The van der Waals surface area contributed by atoms with Gasteiger partial charge in [-0.2, -0.15) is 0 Å². The molecule has 1 unspecified atom stereocenters. The fourth-order valence-corrected chi connectivity index (χ4v) is 1.54. The second-order valence-electron chi connectivity index (χ2n) is 2.59. The lowest BCUT2D eigenvalue weighted by Crippen LogP contribution is -2.10. The monoisotopic (exact) mass is 221 g/mol. The van der Waals surface area contributed by atoms with Gasteiger partial charge < -0.3 is 15.5 Å². The Bertz CT molecular complexity index is 334. The molecule has 1 rings (SSSR count). The van der Waals surface area contributed by atoms with Gasteiger partial charge in [-0.05, 0) is 17.7 Å². The van der Waals surface area contributed by atoms with Crippen LogP contribution in [-0.4, -0.2) is 9.79 Å². The van der Waals surface area contributed by atoms with E-state index in [1.54, 1.807) is 0 Å². The molecule has 0 radical (unpaired) electrons. The molecule has 4 nitrogen and oxygen atoms in total. The van der Waals surface area contributed by atoms with Crippen LogP contribution in [0, 0.1) is 0 Å². The summed E-state index contributed by atoms with van der Waals surface area (Å²) in [6.45, 7) is 0. The van der Waals surface area contributed by atoms with Crippen LogP contribution in [0.25, 0.3) is 0 Å². The van der Waals surface area contributed by atoms with Crippen LogP contribution >= 0.6 is 19.2 Å². The molecule has 0 amide bonds. The van der Waals surface area contributed by atoms with Crippen LogP contribution in [0.4, 0.5) is 0 Å². The van der Waals surface area contributed by atoms with E-state index in [4.69, 9.17) is 27.1 Å². The van der Waals surface area contributed by atoms with E-state index < -0.39 is 13.4 Å². The third-order valence-electron chi connectivity index (χ3n) is 1.57. The Morgan fingerprint density at radius 2 is 1.77 bits per heavy atom. The van der Waals surface area contributed by atoms with E-state index in [-0.39, 0.29) is 0 Å². The Hall–Kier alpha value is -0.380. The number of benzene rings is 1. The van der Waals surface area contributed by atoms with E-state index in [0.717, 1.165) is 0 Å². The minimum absolute atomic E-state index is 0.373. The molecule has 0 aliphatic heterocycles. The summed E-state index contributed by atoms with van der Waals surface area (Å²) < 4.78 is 10.8. The van der Waals surface area contributed by atoms with Crippen LogP contribution in [0.2, 0.25) is 5.02 Å². The first kappa shape index (κ1) is 10.7. The molecular formula is C7H9ClNO3P. The Labute approximate surface area is 80.5 Å². The first-order chi connectivity index (χ1) is 5.91. The summed E-state index contributed by atoms with van der Waals surface area (Å²) >= 11 is 5.60. The normalized spacial score (nSPS) is 14.2. The predicted molar refractivity (Wildman–Crippen MR) is 50.4 cm³/mol. The summed E-state index contributed by atoms with van der Waals surface area (Å²) in [6, 6.07) is 6.05. The third kappa shape index (κ3) is 2.79. The highest BCUT2D eigenvalue weighted by atomic mass is 35.5. The number of halogens is 1. The molecule has 1 aromatic rings. The molecule has 4 N–H and O–H groups in total. The van der Waals surface area contributed by atoms with Crippen LogP contribution in [0.3, 0.4) is 0 Å². The van der Waals surface area contributed by atoms with Crippen molar-refractivity contribution in [3.05, 3.63) is 34.9 Å². The summed E-state index contributed by atoms with van der Waals surface area (Å²) in [4.78, 5) is 17.5. The summed E-state index contributed by atoms with van der Waals surface area (Å²) in [6.07, 6.45) is 0. The first-order valence-corrected chi connectivity index (χ1v) is 5.53. The summed E-state index contributed by atoms with van der Waals surface area (Å²) in [7, 11) is -4.26. The molecule has 1 aromatic carbocycles. The lowest BCUT2D eigenvalue weighted by atomic mass is 10.2. The molecule has 0 heterocycles. The number of hydrogen-bond acceptors (Lipinski definition) is 2. The molecule has 6 heteroatoms. The fraction of sp³-hybridized carbons (Fsp3) is 0.143. The van der Waals surface area contributed by atoms with Crippen molar-refractivity contribution in [2.75, 3.05) is 0 Å². The Morgan fingerprint density at radius 1 is 1.31 bits per heavy atom. The second kappa shape index (κ2) is 3.78. The maximum Gasteiger partial charge on any atom is 0.346 e. The van der Waals surface area contributed by atoms with Gasteiger partial charge in [0.05, 0.1) is 0 Å². The lowest BCUT2D eigenvalue weighted by Gasteiger charge is -2.13. The average Bonchev–Trinajstić information content (AvgIpc) is 2.03. The summed E-state index contributed by atoms with van der Waals surface area (Å²) in [5.74, 6) is -1.27. The van der Waals surface area contributed by atoms with Gasteiger partial charge >= 0.3 is 7.60 Å². The Morgan fingerprint density at radius 3 is 2.15 bits per heavy atom. The van der Waals surface area contributed by atoms with Crippen LogP contribution in [-0.2, 0) is 4.57 Å². The predicted octanol–water partition coefficient (Wildman–Crippen LogP) is 1.47. The minimum Gasteiger partial charge on any atom is -0.323 e. The van der Waals surface area contributed by atoms with Crippen LogP contribution in [0.15, 0.2) is 24.3 Å². The zero-order chi connectivity index (χ0) is 10.1. The number of hydrogen-bond donors (Lipinski definition) is 3. The van der Waals surface area contributed by atoms with Gasteiger partial charge in [0.15, 0.2) is 0 Å². The number of rotatable bonds is 2. The molecule has 0 aliphatic rings. The van der Waals surface area contributed by atoms with Crippen LogP contribution in [0.5, 0.6) is 0 Å². The highest BCUT2D eigenvalue weighted by Crippen LogP contribution is 2.47. The van der Waals surface area contributed by atoms with Gasteiger partial charge in [-0.25, -0.2) is 0 Å². The van der Waals surface area contributed by atoms with Crippen molar-refractivity contribution >= 4 is 19.2 Å². The highest BCUT2D eigenvalue weighted by Gasteiger charge is 2.25. The lowest BCUT2D eigenvalue weighted by molar-refractivity contribution is 0.359. The largest absolute Gasteiger partial charge is 0.346 e. The molecule has 72 valence electrons. The van der Waals surface area contributed by atoms with E-state index in [1.807, 2.05) is 0 Å². The SMILES string of the molecule is NC(c1ccc(Cl)cc1)P(=O)(O)O. The van der Waals surface area contributed by atoms with Crippen molar-refractivity contribution in [3.63, 3.8) is 0 Å². The van der Waals surface area contributed by atoms with E-state index in [1.165, 1.54) is 24.3 Å². The highest BCUT2D eigenvalue weighted by molar-refractivity contribution is 7.52. The number of nitrogens with two attached hydrogens (primary N) is 1. The molecule has 13 heavy (non-hydrogen) atoms. The van der Waals surface area contributed by atoms with Crippen molar-refractivity contribution in [1.29, 1.82) is 0 Å². The molecular weight excluding hydrogens is 213 g/mol. The zero-order valence-electron chi connectivity index (χ0n) is 6.59. The standard InChI is InChI=1S/C7H9ClNO3P/c8-6-3-1-5(2-4-6)7(9)13(10,11)12/h1-4,7H,9H2,(H2,10,11,12). The maximum atomic E-state index is 10.8. The molecule has 0 saturated carbocycles. The van der Waals surface area contributed by atoms with Gasteiger partial charge in [0.25, 0.3) is 0 Å². The van der Waals surface area contributed by atoms with Crippen LogP contribution in [0.1, 0.15) is 11.3 Å². The Balaban J connectivity index is 2.97. The summed E-state index contributed by atoms with van der Waals surface area (Å²) in [5, 5.41) is 0.502. The topological polar surface area (TPSA) is 83.6 Å². The Kier molecular flexibility index (Phi) is 3.11. The molecule has 1 atom stereocenters. The van der Waals surface area contributed by atoms with Crippen molar-refractivity contribution in [1.82, 2.24) is 0 Å². The van der Waals surface area contributed by atoms with Crippen molar-refractivity contribution in [2.45, 2.75) is 5.78 Å². The van der Waals surface area contributed by atoms with Gasteiger partial charge in [-0.15, -0.1) is 0 Å². The van der Waals surface area contributed by atoms with E-state index >= 15 is 0 Å². The van der Waals surface area contributed by atoms with Crippen molar-refractivity contribution in [2.24, 2.45) is 5.73 Å². The van der Waals surface area contributed by atoms with Crippen LogP contribution < -0.4 is 5.73 Å². The van der Waals surface area contributed by atoms with Gasteiger partial charge in [-0.3, -0.25) is 4.57 Å². The van der Waals surface area contributed by atoms with Gasteiger partial charge in [-0.1, -0.05) is 23.7 Å². The quantitative estimate of drug-likeness (QED) is 0.661.